The van der Waals surface area contributed by atoms with Crippen molar-refractivity contribution in [3.63, 3.8) is 0 Å². The molecule has 1 aromatic rings. The van der Waals surface area contributed by atoms with Crippen LogP contribution in [0.15, 0.2) is 22.8 Å². The van der Waals surface area contributed by atoms with Crippen LogP contribution in [0.5, 0.6) is 0 Å². The van der Waals surface area contributed by atoms with Gasteiger partial charge >= 0.3 is 0 Å². The molecule has 4 heteroatoms. The third kappa shape index (κ3) is 6.20. The molecule has 1 N–H and O–H groups in total. The summed E-state index contributed by atoms with van der Waals surface area (Å²) in [6.07, 6.45) is 1.36. The zero-order valence-electron chi connectivity index (χ0n) is 9.87. The van der Waals surface area contributed by atoms with Crippen LogP contribution in [-0.2, 0) is 11.3 Å². The molecule has 0 saturated carbocycles. The molecule has 0 unspecified atom stereocenters. The van der Waals surface area contributed by atoms with Gasteiger partial charge in [-0.15, -0.1) is 0 Å². The summed E-state index contributed by atoms with van der Waals surface area (Å²) in [4.78, 5) is 4.34. The van der Waals surface area contributed by atoms with Crippen molar-refractivity contribution in [3.8, 4) is 0 Å². The van der Waals surface area contributed by atoms with E-state index >= 15 is 0 Å². The Balaban J connectivity index is 2.07. The summed E-state index contributed by atoms with van der Waals surface area (Å²) < 4.78 is 6.33. The molecular formula is C12H19BrN2O. The number of ether oxygens (including phenoxy) is 1. The number of pyridine rings is 1. The number of halogens is 1. The number of nitrogens with zero attached hydrogens (tertiary/aromatic N) is 1. The molecule has 0 spiro atoms. The first-order valence-electron chi connectivity index (χ1n) is 5.62. The van der Waals surface area contributed by atoms with Crippen molar-refractivity contribution in [1.82, 2.24) is 10.3 Å². The first-order valence-corrected chi connectivity index (χ1v) is 6.41. The van der Waals surface area contributed by atoms with Crippen LogP contribution in [0.1, 0.15) is 26.0 Å². The van der Waals surface area contributed by atoms with E-state index in [0.717, 1.165) is 36.4 Å². The lowest BCUT2D eigenvalue weighted by molar-refractivity contribution is 0.0770. The van der Waals surface area contributed by atoms with Crippen LogP contribution in [0.25, 0.3) is 0 Å². The minimum absolute atomic E-state index is 0.326. The Hall–Kier alpha value is -0.450. The number of hydrogen-bond donors (Lipinski definition) is 1. The number of aromatic nitrogens is 1. The second-order valence-corrected chi connectivity index (χ2v) is 4.71. The Labute approximate surface area is 106 Å². The van der Waals surface area contributed by atoms with Crippen molar-refractivity contribution >= 4 is 15.9 Å². The van der Waals surface area contributed by atoms with E-state index in [9.17, 15) is 0 Å². The third-order valence-corrected chi connectivity index (χ3v) is 2.47. The average molecular weight is 287 g/mol. The maximum absolute atomic E-state index is 5.45. The van der Waals surface area contributed by atoms with Gasteiger partial charge in [-0.25, -0.2) is 4.98 Å². The highest BCUT2D eigenvalue weighted by Gasteiger charge is 1.96. The first kappa shape index (κ1) is 13.6. The van der Waals surface area contributed by atoms with Gasteiger partial charge in [0.05, 0.1) is 11.8 Å². The van der Waals surface area contributed by atoms with Crippen molar-refractivity contribution in [2.24, 2.45) is 0 Å². The van der Waals surface area contributed by atoms with Gasteiger partial charge in [0.25, 0.3) is 0 Å². The summed E-state index contributed by atoms with van der Waals surface area (Å²) in [7, 11) is 0. The Bertz CT molecular complexity index is 305. The Morgan fingerprint density at radius 3 is 2.94 bits per heavy atom. The lowest BCUT2D eigenvalue weighted by Gasteiger charge is -2.08. The van der Waals surface area contributed by atoms with Crippen molar-refractivity contribution in [2.45, 2.75) is 32.9 Å². The fraction of sp³-hybridized carbons (Fsp3) is 0.583. The van der Waals surface area contributed by atoms with Crippen molar-refractivity contribution < 1.29 is 4.74 Å². The summed E-state index contributed by atoms with van der Waals surface area (Å²) >= 11 is 3.35. The Morgan fingerprint density at radius 1 is 1.44 bits per heavy atom. The van der Waals surface area contributed by atoms with Crippen LogP contribution in [0.4, 0.5) is 0 Å². The zero-order valence-corrected chi connectivity index (χ0v) is 11.5. The molecule has 0 aliphatic heterocycles. The van der Waals surface area contributed by atoms with E-state index in [1.54, 1.807) is 0 Å². The van der Waals surface area contributed by atoms with Gasteiger partial charge in [0.2, 0.25) is 0 Å². The minimum atomic E-state index is 0.326. The van der Waals surface area contributed by atoms with Gasteiger partial charge in [-0.3, -0.25) is 0 Å². The van der Waals surface area contributed by atoms with Crippen molar-refractivity contribution in [2.75, 3.05) is 13.2 Å². The SMILES string of the molecule is CC(C)OCCCNCc1cccc(Br)n1. The van der Waals surface area contributed by atoms with E-state index < -0.39 is 0 Å². The third-order valence-electron chi connectivity index (χ3n) is 2.03. The standard InChI is InChI=1S/C12H19BrN2O/c1-10(2)16-8-4-7-14-9-11-5-3-6-12(13)15-11/h3,5-6,10,14H,4,7-9H2,1-2H3. The maximum atomic E-state index is 5.45. The molecule has 0 aromatic carbocycles. The molecule has 0 amide bonds. The normalized spacial score (nSPS) is 11.0. The summed E-state index contributed by atoms with van der Waals surface area (Å²) in [5, 5.41) is 3.34. The topological polar surface area (TPSA) is 34.1 Å². The van der Waals surface area contributed by atoms with E-state index in [-0.39, 0.29) is 0 Å². The Kier molecular flexibility index (Phi) is 6.61. The van der Waals surface area contributed by atoms with Crippen molar-refractivity contribution in [3.05, 3.63) is 28.5 Å². The highest BCUT2D eigenvalue weighted by atomic mass is 79.9. The largest absolute Gasteiger partial charge is 0.379 e. The molecule has 0 bridgehead atoms. The highest BCUT2D eigenvalue weighted by molar-refractivity contribution is 9.10. The van der Waals surface area contributed by atoms with Crippen LogP contribution in [-0.4, -0.2) is 24.2 Å². The molecule has 1 heterocycles. The van der Waals surface area contributed by atoms with Gasteiger partial charge < -0.3 is 10.1 Å². The van der Waals surface area contributed by atoms with Gasteiger partial charge in [0, 0.05) is 13.2 Å². The van der Waals surface area contributed by atoms with Gasteiger partial charge in [-0.1, -0.05) is 6.07 Å². The van der Waals surface area contributed by atoms with E-state index in [1.807, 2.05) is 18.2 Å². The van der Waals surface area contributed by atoms with Gasteiger partial charge in [0.15, 0.2) is 0 Å². The predicted molar refractivity (Wildman–Crippen MR) is 69.3 cm³/mol. The minimum Gasteiger partial charge on any atom is -0.379 e. The van der Waals surface area contributed by atoms with E-state index in [1.165, 1.54) is 0 Å². The molecule has 0 aliphatic rings. The second-order valence-electron chi connectivity index (χ2n) is 3.90. The molecule has 0 fully saturated rings. The van der Waals surface area contributed by atoms with E-state index in [4.69, 9.17) is 4.74 Å². The molecule has 0 radical (unpaired) electrons. The molecule has 1 aromatic heterocycles. The summed E-state index contributed by atoms with van der Waals surface area (Å²) in [5.41, 5.74) is 1.05. The molecule has 3 nitrogen and oxygen atoms in total. The lowest BCUT2D eigenvalue weighted by atomic mass is 10.3. The Morgan fingerprint density at radius 2 is 2.25 bits per heavy atom. The van der Waals surface area contributed by atoms with E-state index in [0.29, 0.717) is 6.10 Å². The van der Waals surface area contributed by atoms with Crippen LogP contribution < -0.4 is 5.32 Å². The summed E-state index contributed by atoms with van der Waals surface area (Å²) in [6.45, 7) is 6.69. The lowest BCUT2D eigenvalue weighted by Crippen LogP contribution is -2.18. The molecule has 16 heavy (non-hydrogen) atoms. The van der Waals surface area contributed by atoms with Crippen molar-refractivity contribution in [1.29, 1.82) is 0 Å². The average Bonchev–Trinajstić information content (AvgIpc) is 2.23. The highest BCUT2D eigenvalue weighted by Crippen LogP contribution is 2.05. The predicted octanol–water partition coefficient (Wildman–Crippen LogP) is 2.75. The summed E-state index contributed by atoms with van der Waals surface area (Å²) in [6, 6.07) is 5.94. The smallest absolute Gasteiger partial charge is 0.106 e. The fourth-order valence-electron chi connectivity index (χ4n) is 1.28. The monoisotopic (exact) mass is 286 g/mol. The maximum Gasteiger partial charge on any atom is 0.106 e. The van der Waals surface area contributed by atoms with Crippen LogP contribution >= 0.6 is 15.9 Å². The molecule has 0 atom stereocenters. The molecule has 0 aliphatic carbocycles. The molecule has 0 saturated heterocycles. The van der Waals surface area contributed by atoms with E-state index in [2.05, 4.69) is 40.1 Å². The number of rotatable bonds is 7. The molecule has 90 valence electrons. The van der Waals surface area contributed by atoms with Gasteiger partial charge in [0.1, 0.15) is 4.60 Å². The van der Waals surface area contributed by atoms with Gasteiger partial charge in [-0.2, -0.15) is 0 Å². The van der Waals surface area contributed by atoms with Crippen LogP contribution in [0.3, 0.4) is 0 Å². The quantitative estimate of drug-likeness (QED) is 0.618. The molecule has 1 rings (SSSR count). The van der Waals surface area contributed by atoms with Crippen LogP contribution in [0.2, 0.25) is 0 Å². The zero-order chi connectivity index (χ0) is 11.8. The van der Waals surface area contributed by atoms with Crippen LogP contribution in [0, 0.1) is 0 Å². The second kappa shape index (κ2) is 7.76. The first-order chi connectivity index (χ1) is 7.68. The fourth-order valence-corrected chi connectivity index (χ4v) is 1.66. The number of hydrogen-bond acceptors (Lipinski definition) is 3. The molecular weight excluding hydrogens is 268 g/mol. The number of nitrogens with one attached hydrogen (secondary N) is 1. The summed E-state index contributed by atoms with van der Waals surface area (Å²) in [5.74, 6) is 0. The van der Waals surface area contributed by atoms with Gasteiger partial charge in [-0.05, 0) is 54.9 Å².